The molecule has 4 nitrogen and oxygen atoms in total. The fourth-order valence-corrected chi connectivity index (χ4v) is 2.21. The summed E-state index contributed by atoms with van der Waals surface area (Å²) < 4.78 is 44.4. The molecule has 1 atom stereocenters. The summed E-state index contributed by atoms with van der Waals surface area (Å²) in [5.41, 5.74) is 0.391. The van der Waals surface area contributed by atoms with Gasteiger partial charge < -0.3 is 14.7 Å². The van der Waals surface area contributed by atoms with Crippen molar-refractivity contribution in [2.75, 3.05) is 14.2 Å². The van der Waals surface area contributed by atoms with Crippen LogP contribution in [0.5, 0.6) is 5.75 Å². The van der Waals surface area contributed by atoms with Crippen LogP contribution in [0.2, 0.25) is 0 Å². The number of hydrogen-bond acceptors (Lipinski definition) is 3. The number of carbonyl (C=O) groups excluding carboxylic acids is 1. The van der Waals surface area contributed by atoms with Crippen LogP contribution in [0.4, 0.5) is 13.2 Å². The Hall–Kier alpha value is -2.54. The molecule has 0 heterocycles. The van der Waals surface area contributed by atoms with E-state index in [1.807, 2.05) is 0 Å². The number of aliphatic hydroxyl groups excluding tert-OH is 1. The number of halogens is 3. The van der Waals surface area contributed by atoms with Crippen LogP contribution in [0.1, 0.15) is 17.2 Å². The number of nitrogens with zero attached hydrogens (tertiary/aromatic N) is 1. The number of rotatable bonds is 5. The van der Waals surface area contributed by atoms with E-state index in [1.165, 1.54) is 20.2 Å². The van der Waals surface area contributed by atoms with E-state index in [4.69, 9.17) is 4.74 Å². The monoisotopic (exact) mass is 339 g/mol. The van der Waals surface area contributed by atoms with Gasteiger partial charge in [-0.15, -0.1) is 0 Å². The highest BCUT2D eigenvalue weighted by molar-refractivity contribution is 5.82. The van der Waals surface area contributed by atoms with Gasteiger partial charge in [-0.3, -0.25) is 4.79 Å². The van der Waals surface area contributed by atoms with E-state index < -0.39 is 29.5 Å². The third kappa shape index (κ3) is 3.86. The van der Waals surface area contributed by atoms with E-state index in [0.29, 0.717) is 11.3 Å². The Balaban J connectivity index is 2.14. The van der Waals surface area contributed by atoms with E-state index in [0.717, 1.165) is 17.0 Å². The van der Waals surface area contributed by atoms with Gasteiger partial charge in [0.1, 0.15) is 5.75 Å². The number of ether oxygens (including phenoxy) is 1. The average molecular weight is 339 g/mol. The molecule has 0 aliphatic rings. The number of methoxy groups -OCH3 is 1. The molecule has 0 aliphatic heterocycles. The topological polar surface area (TPSA) is 49.8 Å². The molecular formula is C17H16F3NO3. The van der Waals surface area contributed by atoms with Crippen LogP contribution in [0, 0.1) is 17.5 Å². The maximum Gasteiger partial charge on any atom is 0.256 e. The number of amides is 1. The second kappa shape index (κ2) is 7.35. The molecule has 1 unspecified atom stereocenters. The Morgan fingerprint density at radius 1 is 1.21 bits per heavy atom. The summed E-state index contributed by atoms with van der Waals surface area (Å²) in [7, 11) is 2.82. The molecule has 2 rings (SSSR count). The molecule has 0 radical (unpaired) electrons. The molecule has 24 heavy (non-hydrogen) atoms. The minimum atomic E-state index is -1.57. The number of carbonyl (C=O) groups is 1. The zero-order valence-electron chi connectivity index (χ0n) is 13.1. The minimum absolute atomic E-state index is 0.0695. The standard InChI is InChI=1S/C17H16F3NO3/c1-21(9-10-6-13(18)15(20)14(19)7-10)17(23)16(22)11-4-3-5-12(8-11)24-2/h3-8,16,22H,9H2,1-2H3. The molecule has 1 amide bonds. The predicted octanol–water partition coefficient (Wildman–Crippen LogP) is 2.80. The molecule has 0 saturated heterocycles. The Bertz CT molecular complexity index is 729. The summed E-state index contributed by atoms with van der Waals surface area (Å²) in [6, 6.07) is 7.95. The maximum absolute atomic E-state index is 13.2. The largest absolute Gasteiger partial charge is 0.497 e. The third-order valence-electron chi connectivity index (χ3n) is 3.48. The molecular weight excluding hydrogens is 323 g/mol. The van der Waals surface area contributed by atoms with Gasteiger partial charge >= 0.3 is 0 Å². The summed E-state index contributed by atoms with van der Waals surface area (Å²) in [4.78, 5) is 13.4. The van der Waals surface area contributed by atoms with Gasteiger partial charge in [-0.2, -0.15) is 0 Å². The summed E-state index contributed by atoms with van der Waals surface area (Å²) in [6.07, 6.45) is -1.46. The zero-order valence-corrected chi connectivity index (χ0v) is 13.1. The highest BCUT2D eigenvalue weighted by Gasteiger charge is 2.22. The van der Waals surface area contributed by atoms with E-state index >= 15 is 0 Å². The van der Waals surface area contributed by atoms with Crippen LogP contribution in [0.25, 0.3) is 0 Å². The zero-order chi connectivity index (χ0) is 17.9. The smallest absolute Gasteiger partial charge is 0.256 e. The molecule has 0 fully saturated rings. The second-order valence-corrected chi connectivity index (χ2v) is 5.25. The fraction of sp³-hybridized carbons (Fsp3) is 0.235. The average Bonchev–Trinajstić information content (AvgIpc) is 2.58. The number of aliphatic hydroxyl groups is 1. The molecule has 1 N–H and O–H groups in total. The highest BCUT2D eigenvalue weighted by atomic mass is 19.2. The first-order chi connectivity index (χ1) is 11.3. The lowest BCUT2D eigenvalue weighted by Crippen LogP contribution is -2.31. The van der Waals surface area contributed by atoms with Crippen LogP contribution in [0.3, 0.4) is 0 Å². The first-order valence-corrected chi connectivity index (χ1v) is 7.04. The van der Waals surface area contributed by atoms with Crippen LogP contribution >= 0.6 is 0 Å². The second-order valence-electron chi connectivity index (χ2n) is 5.25. The van der Waals surface area contributed by atoms with Gasteiger partial charge in [0.05, 0.1) is 7.11 Å². The molecule has 0 aliphatic carbocycles. The van der Waals surface area contributed by atoms with Crippen LogP contribution < -0.4 is 4.74 Å². The molecule has 0 saturated carbocycles. The quantitative estimate of drug-likeness (QED) is 0.852. The summed E-state index contributed by atoms with van der Waals surface area (Å²) >= 11 is 0. The first-order valence-electron chi connectivity index (χ1n) is 7.04. The molecule has 0 bridgehead atoms. The minimum Gasteiger partial charge on any atom is -0.497 e. The lowest BCUT2D eigenvalue weighted by molar-refractivity contribution is -0.139. The SMILES string of the molecule is COc1cccc(C(O)C(=O)N(C)Cc2cc(F)c(F)c(F)c2)c1. The van der Waals surface area contributed by atoms with E-state index in [9.17, 15) is 23.1 Å². The van der Waals surface area contributed by atoms with Gasteiger partial charge in [0.25, 0.3) is 5.91 Å². The van der Waals surface area contributed by atoms with Crippen molar-refractivity contribution in [1.29, 1.82) is 0 Å². The van der Waals surface area contributed by atoms with Gasteiger partial charge in [0, 0.05) is 13.6 Å². The Labute approximate surface area is 137 Å². The Kier molecular flexibility index (Phi) is 5.46. The van der Waals surface area contributed by atoms with E-state index in [-0.39, 0.29) is 12.1 Å². The van der Waals surface area contributed by atoms with Gasteiger partial charge in [-0.05, 0) is 35.4 Å². The van der Waals surface area contributed by atoms with Crippen molar-refractivity contribution < 1.29 is 27.8 Å². The summed E-state index contributed by atoms with van der Waals surface area (Å²) in [6.45, 7) is -0.187. The predicted molar refractivity (Wildman–Crippen MR) is 80.7 cm³/mol. The van der Waals surface area contributed by atoms with Crippen molar-refractivity contribution in [2.24, 2.45) is 0 Å². The molecule has 0 aromatic heterocycles. The maximum atomic E-state index is 13.2. The summed E-state index contributed by atoms with van der Waals surface area (Å²) in [5.74, 6) is -4.43. The lowest BCUT2D eigenvalue weighted by Gasteiger charge is -2.21. The fourth-order valence-electron chi connectivity index (χ4n) is 2.21. The first kappa shape index (κ1) is 17.8. The van der Waals surface area contributed by atoms with Gasteiger partial charge in [-0.25, -0.2) is 13.2 Å². The Morgan fingerprint density at radius 3 is 2.42 bits per heavy atom. The van der Waals surface area contributed by atoms with Crippen LogP contribution in [0.15, 0.2) is 36.4 Å². The number of benzene rings is 2. The van der Waals surface area contributed by atoms with Gasteiger partial charge in [-0.1, -0.05) is 12.1 Å². The molecule has 0 spiro atoms. The van der Waals surface area contributed by atoms with Crippen molar-refractivity contribution in [3.63, 3.8) is 0 Å². The van der Waals surface area contributed by atoms with Crippen molar-refractivity contribution in [2.45, 2.75) is 12.6 Å². The van der Waals surface area contributed by atoms with Gasteiger partial charge in [0.15, 0.2) is 23.6 Å². The van der Waals surface area contributed by atoms with Crippen LogP contribution in [-0.4, -0.2) is 30.1 Å². The van der Waals surface area contributed by atoms with E-state index in [1.54, 1.807) is 18.2 Å². The molecule has 2 aromatic rings. The summed E-state index contributed by atoms with van der Waals surface area (Å²) in [5, 5.41) is 10.2. The van der Waals surface area contributed by atoms with Crippen molar-refractivity contribution >= 4 is 5.91 Å². The molecule has 7 heteroatoms. The van der Waals surface area contributed by atoms with Crippen molar-refractivity contribution in [3.05, 3.63) is 65.0 Å². The van der Waals surface area contributed by atoms with Crippen LogP contribution in [-0.2, 0) is 11.3 Å². The van der Waals surface area contributed by atoms with Gasteiger partial charge in [0.2, 0.25) is 0 Å². The third-order valence-corrected chi connectivity index (χ3v) is 3.48. The van der Waals surface area contributed by atoms with Crippen molar-refractivity contribution in [1.82, 2.24) is 4.90 Å². The highest BCUT2D eigenvalue weighted by Crippen LogP contribution is 2.22. The molecule has 2 aromatic carbocycles. The normalized spacial score (nSPS) is 11.9. The number of likely N-dealkylation sites (N-methyl/N-ethyl adjacent to an activating group) is 1. The van der Waals surface area contributed by atoms with Crippen molar-refractivity contribution in [3.8, 4) is 5.75 Å². The number of hydrogen-bond donors (Lipinski definition) is 1. The Morgan fingerprint density at radius 2 is 1.83 bits per heavy atom. The lowest BCUT2D eigenvalue weighted by atomic mass is 10.1. The molecule has 128 valence electrons. The van der Waals surface area contributed by atoms with E-state index in [2.05, 4.69) is 0 Å².